The van der Waals surface area contributed by atoms with Gasteiger partial charge in [-0.05, 0) is 36.7 Å². The lowest BCUT2D eigenvalue weighted by Gasteiger charge is -2.09. The largest absolute Gasteiger partial charge is 0.504 e. The summed E-state index contributed by atoms with van der Waals surface area (Å²) in [6.07, 6.45) is 0.727. The molecule has 0 radical (unpaired) electrons. The molecular formula is C15H16FNO3. The van der Waals surface area contributed by atoms with Crippen molar-refractivity contribution in [2.24, 2.45) is 0 Å². The van der Waals surface area contributed by atoms with Gasteiger partial charge in [-0.25, -0.2) is 4.39 Å². The highest BCUT2D eigenvalue weighted by Crippen LogP contribution is 2.36. The highest BCUT2D eigenvalue weighted by atomic mass is 19.1. The predicted molar refractivity (Wildman–Crippen MR) is 73.2 cm³/mol. The van der Waals surface area contributed by atoms with Crippen LogP contribution in [0.1, 0.15) is 11.1 Å². The van der Waals surface area contributed by atoms with Crippen LogP contribution in [0.2, 0.25) is 0 Å². The van der Waals surface area contributed by atoms with Gasteiger partial charge in [0, 0.05) is 12.1 Å². The minimum Gasteiger partial charge on any atom is -0.504 e. The van der Waals surface area contributed by atoms with E-state index in [4.69, 9.17) is 0 Å². The van der Waals surface area contributed by atoms with Gasteiger partial charge in [-0.3, -0.25) is 0 Å². The van der Waals surface area contributed by atoms with Gasteiger partial charge in [0.1, 0.15) is 5.82 Å². The Morgan fingerprint density at radius 1 is 0.900 bits per heavy atom. The molecule has 20 heavy (non-hydrogen) atoms. The quantitative estimate of drug-likeness (QED) is 0.500. The summed E-state index contributed by atoms with van der Waals surface area (Å²) in [6, 6.07) is 9.14. The molecule has 0 amide bonds. The maximum absolute atomic E-state index is 12.7. The summed E-state index contributed by atoms with van der Waals surface area (Å²) >= 11 is 0. The summed E-state index contributed by atoms with van der Waals surface area (Å²) in [5.74, 6) is -1.44. The molecule has 106 valence electrons. The summed E-state index contributed by atoms with van der Waals surface area (Å²) in [6.45, 7) is 1.01. The fourth-order valence-corrected chi connectivity index (χ4v) is 1.86. The molecule has 0 spiro atoms. The number of aromatic hydroxyl groups is 3. The van der Waals surface area contributed by atoms with Crippen LogP contribution >= 0.6 is 0 Å². The van der Waals surface area contributed by atoms with Gasteiger partial charge in [-0.2, -0.15) is 0 Å². The van der Waals surface area contributed by atoms with E-state index in [1.807, 2.05) is 0 Å². The van der Waals surface area contributed by atoms with Gasteiger partial charge in [0.25, 0.3) is 0 Å². The third-order valence-corrected chi connectivity index (χ3v) is 3.03. The molecule has 0 aliphatic heterocycles. The molecule has 0 heterocycles. The van der Waals surface area contributed by atoms with Gasteiger partial charge < -0.3 is 20.6 Å². The number of phenols is 3. The Bertz CT molecular complexity index is 584. The highest BCUT2D eigenvalue weighted by molar-refractivity contribution is 5.52. The Labute approximate surface area is 116 Å². The molecule has 0 saturated carbocycles. The summed E-state index contributed by atoms with van der Waals surface area (Å²) in [7, 11) is 0. The lowest BCUT2D eigenvalue weighted by atomic mass is 10.1. The van der Waals surface area contributed by atoms with E-state index >= 15 is 0 Å². The topological polar surface area (TPSA) is 72.7 Å². The Morgan fingerprint density at radius 2 is 1.60 bits per heavy atom. The summed E-state index contributed by atoms with van der Waals surface area (Å²) in [5.41, 5.74) is 1.51. The average Bonchev–Trinajstić information content (AvgIpc) is 2.45. The first-order valence-electron chi connectivity index (χ1n) is 6.26. The molecule has 2 aromatic carbocycles. The molecule has 0 aliphatic rings. The smallest absolute Gasteiger partial charge is 0.200 e. The third-order valence-electron chi connectivity index (χ3n) is 3.03. The van der Waals surface area contributed by atoms with E-state index in [-0.39, 0.29) is 17.3 Å². The zero-order chi connectivity index (χ0) is 14.5. The van der Waals surface area contributed by atoms with Crippen molar-refractivity contribution in [3.8, 4) is 17.2 Å². The molecule has 2 rings (SSSR count). The molecule has 0 atom stereocenters. The van der Waals surface area contributed by atoms with Crippen molar-refractivity contribution in [3.05, 3.63) is 53.3 Å². The Kier molecular flexibility index (Phi) is 4.42. The standard InChI is InChI=1S/C15H16FNO3/c16-12-4-1-10(2-5-12)7-8-17-9-11-3-6-13(18)15(20)14(11)19/h1-6,17-20H,7-9H2. The monoisotopic (exact) mass is 277 g/mol. The summed E-state index contributed by atoms with van der Waals surface area (Å²) < 4.78 is 12.7. The minimum atomic E-state index is -0.511. The van der Waals surface area contributed by atoms with Crippen LogP contribution < -0.4 is 5.32 Å². The van der Waals surface area contributed by atoms with E-state index in [2.05, 4.69) is 5.32 Å². The molecular weight excluding hydrogens is 261 g/mol. The first-order valence-corrected chi connectivity index (χ1v) is 6.26. The molecule has 0 aliphatic carbocycles. The second-order valence-electron chi connectivity index (χ2n) is 4.49. The molecule has 2 aromatic rings. The van der Waals surface area contributed by atoms with Crippen LogP contribution in [0.15, 0.2) is 36.4 Å². The number of rotatable bonds is 5. The molecule has 0 aromatic heterocycles. The fraction of sp³-hybridized carbons (Fsp3) is 0.200. The maximum atomic E-state index is 12.7. The van der Waals surface area contributed by atoms with Crippen LogP contribution in [0.4, 0.5) is 4.39 Å². The lowest BCUT2D eigenvalue weighted by Crippen LogP contribution is -2.16. The molecule has 0 saturated heterocycles. The van der Waals surface area contributed by atoms with Crippen molar-refractivity contribution < 1.29 is 19.7 Å². The zero-order valence-electron chi connectivity index (χ0n) is 10.8. The van der Waals surface area contributed by atoms with Gasteiger partial charge in [-0.15, -0.1) is 0 Å². The van der Waals surface area contributed by atoms with Gasteiger partial charge >= 0.3 is 0 Å². The number of nitrogens with one attached hydrogen (secondary N) is 1. The second-order valence-corrected chi connectivity index (χ2v) is 4.49. The van der Waals surface area contributed by atoms with Crippen LogP contribution in [-0.4, -0.2) is 21.9 Å². The number of hydrogen-bond donors (Lipinski definition) is 4. The maximum Gasteiger partial charge on any atom is 0.200 e. The second kappa shape index (κ2) is 6.25. The van der Waals surface area contributed by atoms with Crippen molar-refractivity contribution in [1.82, 2.24) is 5.32 Å². The number of hydrogen-bond acceptors (Lipinski definition) is 4. The Balaban J connectivity index is 1.84. The van der Waals surface area contributed by atoms with Crippen molar-refractivity contribution in [2.45, 2.75) is 13.0 Å². The van der Waals surface area contributed by atoms with E-state index in [0.29, 0.717) is 18.7 Å². The fourth-order valence-electron chi connectivity index (χ4n) is 1.86. The molecule has 0 fully saturated rings. The molecule has 0 bridgehead atoms. The van der Waals surface area contributed by atoms with Gasteiger partial charge in [0.15, 0.2) is 11.5 Å². The van der Waals surface area contributed by atoms with Crippen LogP contribution in [-0.2, 0) is 13.0 Å². The van der Waals surface area contributed by atoms with Crippen LogP contribution in [0.3, 0.4) is 0 Å². The van der Waals surface area contributed by atoms with Crippen molar-refractivity contribution >= 4 is 0 Å². The third kappa shape index (κ3) is 3.39. The van der Waals surface area contributed by atoms with E-state index < -0.39 is 5.75 Å². The van der Waals surface area contributed by atoms with E-state index in [1.54, 1.807) is 12.1 Å². The normalized spacial score (nSPS) is 10.7. The van der Waals surface area contributed by atoms with Gasteiger partial charge in [0.2, 0.25) is 5.75 Å². The summed E-state index contributed by atoms with van der Waals surface area (Å²) in [4.78, 5) is 0. The predicted octanol–water partition coefficient (Wildman–Crippen LogP) is 2.27. The molecule has 4 N–H and O–H groups in total. The van der Waals surface area contributed by atoms with Crippen molar-refractivity contribution in [1.29, 1.82) is 0 Å². The minimum absolute atomic E-state index is 0.258. The molecule has 5 heteroatoms. The summed E-state index contributed by atoms with van der Waals surface area (Å²) in [5, 5.41) is 31.3. The molecule has 0 unspecified atom stereocenters. The first kappa shape index (κ1) is 14.1. The molecule has 4 nitrogen and oxygen atoms in total. The zero-order valence-corrected chi connectivity index (χ0v) is 10.8. The number of phenolic OH excluding ortho intramolecular Hbond substituents is 3. The van der Waals surface area contributed by atoms with Crippen molar-refractivity contribution in [3.63, 3.8) is 0 Å². The van der Waals surface area contributed by atoms with Crippen LogP contribution in [0.5, 0.6) is 17.2 Å². The Morgan fingerprint density at radius 3 is 2.30 bits per heavy atom. The van der Waals surface area contributed by atoms with Gasteiger partial charge in [0.05, 0.1) is 0 Å². The first-order chi connectivity index (χ1) is 9.58. The average molecular weight is 277 g/mol. The van der Waals surface area contributed by atoms with Crippen LogP contribution in [0, 0.1) is 5.82 Å². The van der Waals surface area contributed by atoms with E-state index in [9.17, 15) is 19.7 Å². The van der Waals surface area contributed by atoms with Crippen LogP contribution in [0.25, 0.3) is 0 Å². The van der Waals surface area contributed by atoms with Crippen molar-refractivity contribution in [2.75, 3.05) is 6.54 Å². The lowest BCUT2D eigenvalue weighted by molar-refractivity contribution is 0.364. The Hall–Kier alpha value is -2.27. The number of benzene rings is 2. The van der Waals surface area contributed by atoms with E-state index in [0.717, 1.165) is 12.0 Å². The number of halogens is 1. The van der Waals surface area contributed by atoms with Gasteiger partial charge in [-0.1, -0.05) is 18.2 Å². The SMILES string of the molecule is Oc1ccc(CNCCc2ccc(F)cc2)c(O)c1O. The van der Waals surface area contributed by atoms with E-state index in [1.165, 1.54) is 24.3 Å². The highest BCUT2D eigenvalue weighted by Gasteiger charge is 2.10.